The molecule has 0 spiro atoms. The number of rotatable bonds is 0. The van der Waals surface area contributed by atoms with E-state index < -0.39 is 11.9 Å². The van der Waals surface area contributed by atoms with Crippen molar-refractivity contribution in [3.8, 4) is 0 Å². The molecule has 0 saturated carbocycles. The summed E-state index contributed by atoms with van der Waals surface area (Å²) in [5.41, 5.74) is -0.226. The summed E-state index contributed by atoms with van der Waals surface area (Å²) >= 11 is 0. The molecule has 0 fully saturated rings. The first-order valence-electron chi connectivity index (χ1n) is 4.46. The summed E-state index contributed by atoms with van der Waals surface area (Å²) in [6.07, 6.45) is -4.40. The number of ether oxygens (including phenoxy) is 1. The average molecular weight is 218 g/mol. The maximum Gasteiger partial charge on any atom is 0.433 e. The first kappa shape index (κ1) is 10.2. The summed E-state index contributed by atoms with van der Waals surface area (Å²) < 4.78 is 42.2. The SMILES string of the molecule is FC(F)(F)c1ccc2c(n1)NCCOC2. The highest BCUT2D eigenvalue weighted by Gasteiger charge is 2.33. The molecular weight excluding hydrogens is 209 g/mol. The van der Waals surface area contributed by atoms with Gasteiger partial charge in [0.25, 0.3) is 0 Å². The molecule has 2 rings (SSSR count). The zero-order valence-corrected chi connectivity index (χ0v) is 7.77. The predicted octanol–water partition coefficient (Wildman–Crippen LogP) is 2.04. The molecule has 82 valence electrons. The van der Waals surface area contributed by atoms with Gasteiger partial charge in [-0.3, -0.25) is 0 Å². The van der Waals surface area contributed by atoms with Crippen molar-refractivity contribution in [2.75, 3.05) is 18.5 Å². The van der Waals surface area contributed by atoms with E-state index >= 15 is 0 Å². The fraction of sp³-hybridized carbons (Fsp3) is 0.444. The van der Waals surface area contributed by atoms with Crippen molar-refractivity contribution in [3.05, 3.63) is 23.4 Å². The number of fused-ring (bicyclic) bond motifs is 1. The molecule has 0 aliphatic carbocycles. The molecule has 0 atom stereocenters. The van der Waals surface area contributed by atoms with E-state index in [4.69, 9.17) is 4.74 Å². The van der Waals surface area contributed by atoms with Gasteiger partial charge in [-0.05, 0) is 6.07 Å². The Morgan fingerprint density at radius 3 is 2.87 bits per heavy atom. The number of nitrogens with one attached hydrogen (secondary N) is 1. The Labute approximate surface area is 84.3 Å². The van der Waals surface area contributed by atoms with Crippen LogP contribution in [0.3, 0.4) is 0 Å². The van der Waals surface area contributed by atoms with E-state index in [9.17, 15) is 13.2 Å². The Kier molecular flexibility index (Phi) is 2.52. The largest absolute Gasteiger partial charge is 0.433 e. The standard InChI is InChI=1S/C9H9F3N2O/c10-9(11,12)7-2-1-6-5-15-4-3-13-8(6)14-7/h1-2H,3-5H2,(H,13,14). The Morgan fingerprint density at radius 2 is 2.13 bits per heavy atom. The van der Waals surface area contributed by atoms with Gasteiger partial charge in [0.15, 0.2) is 0 Å². The Morgan fingerprint density at radius 1 is 1.33 bits per heavy atom. The summed E-state index contributed by atoms with van der Waals surface area (Å²) in [6, 6.07) is 2.36. The highest BCUT2D eigenvalue weighted by Crippen LogP contribution is 2.29. The minimum atomic E-state index is -4.40. The van der Waals surface area contributed by atoms with Crippen LogP contribution in [-0.2, 0) is 17.5 Å². The van der Waals surface area contributed by atoms with Gasteiger partial charge in [0, 0.05) is 12.1 Å². The van der Waals surface area contributed by atoms with Crippen LogP contribution >= 0.6 is 0 Å². The third-order valence-corrected chi connectivity index (χ3v) is 2.07. The van der Waals surface area contributed by atoms with Crippen molar-refractivity contribution in [1.29, 1.82) is 0 Å². The van der Waals surface area contributed by atoms with Crippen molar-refractivity contribution in [1.82, 2.24) is 4.98 Å². The molecule has 1 aromatic rings. The molecule has 0 bridgehead atoms. The van der Waals surface area contributed by atoms with Gasteiger partial charge in [-0.2, -0.15) is 13.2 Å². The molecule has 1 N–H and O–H groups in total. The maximum absolute atomic E-state index is 12.3. The van der Waals surface area contributed by atoms with Crippen molar-refractivity contribution in [2.45, 2.75) is 12.8 Å². The number of nitrogens with zero attached hydrogens (tertiary/aromatic N) is 1. The highest BCUT2D eigenvalue weighted by molar-refractivity contribution is 5.45. The molecule has 0 radical (unpaired) electrons. The van der Waals surface area contributed by atoms with Crippen molar-refractivity contribution < 1.29 is 17.9 Å². The van der Waals surface area contributed by atoms with Gasteiger partial charge in [0.1, 0.15) is 11.5 Å². The number of halogens is 3. The van der Waals surface area contributed by atoms with Gasteiger partial charge < -0.3 is 10.1 Å². The second-order valence-corrected chi connectivity index (χ2v) is 3.18. The van der Waals surface area contributed by atoms with E-state index in [-0.39, 0.29) is 5.82 Å². The molecule has 1 aliphatic heterocycles. The first-order valence-corrected chi connectivity index (χ1v) is 4.46. The maximum atomic E-state index is 12.3. The molecule has 3 nitrogen and oxygen atoms in total. The van der Waals surface area contributed by atoms with E-state index in [0.29, 0.717) is 25.3 Å². The van der Waals surface area contributed by atoms with Crippen molar-refractivity contribution in [2.24, 2.45) is 0 Å². The highest BCUT2D eigenvalue weighted by atomic mass is 19.4. The fourth-order valence-electron chi connectivity index (χ4n) is 1.34. The van der Waals surface area contributed by atoms with Gasteiger partial charge in [-0.15, -0.1) is 0 Å². The lowest BCUT2D eigenvalue weighted by molar-refractivity contribution is -0.141. The molecule has 15 heavy (non-hydrogen) atoms. The van der Waals surface area contributed by atoms with Crippen LogP contribution in [0, 0.1) is 0 Å². The van der Waals surface area contributed by atoms with Crippen LogP contribution in [0.15, 0.2) is 12.1 Å². The zero-order valence-electron chi connectivity index (χ0n) is 7.77. The summed E-state index contributed by atoms with van der Waals surface area (Å²) in [4.78, 5) is 3.53. The molecular formula is C9H9F3N2O. The van der Waals surface area contributed by atoms with Crippen LogP contribution in [0.4, 0.5) is 19.0 Å². The number of aromatic nitrogens is 1. The van der Waals surface area contributed by atoms with Gasteiger partial charge in [0.05, 0.1) is 13.2 Å². The summed E-state index contributed by atoms with van der Waals surface area (Å²) in [5, 5.41) is 2.80. The Balaban J connectivity index is 2.36. The number of pyridine rings is 1. The third-order valence-electron chi connectivity index (χ3n) is 2.07. The van der Waals surface area contributed by atoms with Crippen molar-refractivity contribution >= 4 is 5.82 Å². The lowest BCUT2D eigenvalue weighted by Gasteiger charge is -2.10. The van der Waals surface area contributed by atoms with Crippen LogP contribution < -0.4 is 5.32 Å². The fourth-order valence-corrected chi connectivity index (χ4v) is 1.34. The average Bonchev–Trinajstić information content (AvgIpc) is 2.39. The van der Waals surface area contributed by atoms with E-state index in [0.717, 1.165) is 6.07 Å². The van der Waals surface area contributed by atoms with Crippen LogP contribution in [0.2, 0.25) is 0 Å². The molecule has 0 aromatic carbocycles. The van der Waals surface area contributed by atoms with Crippen LogP contribution in [0.5, 0.6) is 0 Å². The first-order chi connectivity index (χ1) is 7.07. The zero-order chi connectivity index (χ0) is 10.9. The quantitative estimate of drug-likeness (QED) is 0.723. The minimum absolute atomic E-state index is 0.266. The van der Waals surface area contributed by atoms with Crippen LogP contribution in [0.1, 0.15) is 11.3 Å². The van der Waals surface area contributed by atoms with E-state index in [2.05, 4.69) is 10.3 Å². The summed E-state index contributed by atoms with van der Waals surface area (Å²) in [5.74, 6) is 0.266. The molecule has 0 amide bonds. The second kappa shape index (κ2) is 3.69. The normalized spacial score (nSPS) is 16.5. The van der Waals surface area contributed by atoms with Gasteiger partial charge in [-0.1, -0.05) is 6.07 Å². The predicted molar refractivity (Wildman–Crippen MR) is 47.4 cm³/mol. The summed E-state index contributed by atoms with van der Waals surface area (Å²) in [6.45, 7) is 1.24. The molecule has 1 aromatic heterocycles. The molecule has 2 heterocycles. The lowest BCUT2D eigenvalue weighted by atomic mass is 10.2. The topological polar surface area (TPSA) is 34.2 Å². The lowest BCUT2D eigenvalue weighted by Crippen LogP contribution is -2.11. The number of alkyl halides is 3. The van der Waals surface area contributed by atoms with Gasteiger partial charge in [-0.25, -0.2) is 4.98 Å². The summed E-state index contributed by atoms with van der Waals surface area (Å²) in [7, 11) is 0. The molecule has 0 saturated heterocycles. The third kappa shape index (κ3) is 2.20. The van der Waals surface area contributed by atoms with E-state index in [1.807, 2.05) is 0 Å². The van der Waals surface area contributed by atoms with E-state index in [1.54, 1.807) is 0 Å². The molecule has 1 aliphatic rings. The van der Waals surface area contributed by atoms with Crippen LogP contribution in [-0.4, -0.2) is 18.1 Å². The monoisotopic (exact) mass is 218 g/mol. The number of hydrogen-bond acceptors (Lipinski definition) is 3. The van der Waals surface area contributed by atoms with Gasteiger partial charge >= 0.3 is 6.18 Å². The van der Waals surface area contributed by atoms with E-state index in [1.165, 1.54) is 6.07 Å². The smallest absolute Gasteiger partial charge is 0.375 e. The minimum Gasteiger partial charge on any atom is -0.375 e. The van der Waals surface area contributed by atoms with Gasteiger partial charge in [0.2, 0.25) is 0 Å². The van der Waals surface area contributed by atoms with Crippen molar-refractivity contribution in [3.63, 3.8) is 0 Å². The second-order valence-electron chi connectivity index (χ2n) is 3.18. The number of hydrogen-bond donors (Lipinski definition) is 1. The number of anilines is 1. The Bertz CT molecular complexity index is 365. The van der Waals surface area contributed by atoms with Crippen LogP contribution in [0.25, 0.3) is 0 Å². The molecule has 6 heteroatoms. The molecule has 0 unspecified atom stereocenters. The Hall–Kier alpha value is -1.30.